The molecule has 1 aromatic carbocycles. The number of nitro groups is 1. The fourth-order valence-corrected chi connectivity index (χ4v) is 2.85. The van der Waals surface area contributed by atoms with Crippen LogP contribution in [-0.2, 0) is 0 Å². The zero-order chi connectivity index (χ0) is 14.7. The van der Waals surface area contributed by atoms with Gasteiger partial charge in [-0.25, -0.2) is 0 Å². The van der Waals surface area contributed by atoms with E-state index in [2.05, 4.69) is 33.1 Å². The molecule has 2 rings (SSSR count). The van der Waals surface area contributed by atoms with Crippen molar-refractivity contribution < 1.29 is 4.92 Å². The van der Waals surface area contributed by atoms with Crippen LogP contribution in [-0.4, -0.2) is 35.5 Å². The van der Waals surface area contributed by atoms with Crippen LogP contribution in [0.1, 0.15) is 25.3 Å². The molecule has 0 aliphatic heterocycles. The van der Waals surface area contributed by atoms with Gasteiger partial charge in [0.1, 0.15) is 0 Å². The first-order chi connectivity index (χ1) is 9.52. The Bertz CT molecular complexity index is 503. The monoisotopic (exact) mass is 341 g/mol. The Morgan fingerprint density at radius 1 is 1.50 bits per heavy atom. The molecule has 1 N–H and O–H groups in total. The molecule has 5 nitrogen and oxygen atoms in total. The van der Waals surface area contributed by atoms with Gasteiger partial charge in [0.15, 0.2) is 0 Å². The molecule has 0 unspecified atom stereocenters. The number of likely N-dealkylation sites (N-methyl/N-ethyl adjacent to an activating group) is 1. The van der Waals surface area contributed by atoms with E-state index in [-0.39, 0.29) is 10.6 Å². The molecule has 1 aromatic rings. The molecule has 0 radical (unpaired) electrons. The van der Waals surface area contributed by atoms with Crippen molar-refractivity contribution in [3.8, 4) is 0 Å². The van der Waals surface area contributed by atoms with Crippen LogP contribution in [0, 0.1) is 17.0 Å². The van der Waals surface area contributed by atoms with Crippen molar-refractivity contribution >= 4 is 27.3 Å². The third-order valence-electron chi connectivity index (χ3n) is 3.67. The van der Waals surface area contributed by atoms with E-state index in [1.807, 2.05) is 6.07 Å². The van der Waals surface area contributed by atoms with Gasteiger partial charge in [-0.2, -0.15) is 0 Å². The molecule has 1 fully saturated rings. The molecule has 1 aliphatic carbocycles. The number of anilines is 1. The lowest BCUT2D eigenvalue weighted by Gasteiger charge is -2.20. The number of nitrogens with one attached hydrogen (secondary N) is 1. The fourth-order valence-electron chi connectivity index (χ4n) is 2.38. The first kappa shape index (κ1) is 15.3. The Morgan fingerprint density at radius 3 is 2.75 bits per heavy atom. The van der Waals surface area contributed by atoms with Gasteiger partial charge in [0, 0.05) is 40.9 Å². The highest BCUT2D eigenvalue weighted by Crippen LogP contribution is 2.31. The number of aryl methyl sites for hydroxylation is 1. The molecule has 0 spiro atoms. The summed E-state index contributed by atoms with van der Waals surface area (Å²) in [5.74, 6) is 0. The van der Waals surface area contributed by atoms with Crippen molar-refractivity contribution in [3.63, 3.8) is 0 Å². The standard InChI is InChI=1S/C14H20BrN3O2/c1-3-17(11-4-5-11)7-6-16-13-8-10(2)14(18(19)20)9-12(13)15/h8-9,11,16H,3-7H2,1-2H3. The van der Waals surface area contributed by atoms with E-state index in [0.29, 0.717) is 5.56 Å². The molecule has 0 bridgehead atoms. The summed E-state index contributed by atoms with van der Waals surface area (Å²) in [5.41, 5.74) is 1.74. The van der Waals surface area contributed by atoms with Crippen LogP contribution in [0.2, 0.25) is 0 Å². The number of hydrogen-bond acceptors (Lipinski definition) is 4. The second kappa shape index (κ2) is 6.54. The maximum atomic E-state index is 10.9. The number of rotatable bonds is 7. The van der Waals surface area contributed by atoms with Crippen molar-refractivity contribution in [1.29, 1.82) is 0 Å². The normalized spacial score (nSPS) is 14.6. The van der Waals surface area contributed by atoms with E-state index in [9.17, 15) is 10.1 Å². The molecule has 0 amide bonds. The average Bonchev–Trinajstić information content (AvgIpc) is 3.22. The lowest BCUT2D eigenvalue weighted by atomic mass is 10.2. The second-order valence-corrected chi connectivity index (χ2v) is 6.02. The Kier molecular flexibility index (Phi) is 4.99. The van der Waals surface area contributed by atoms with Crippen molar-refractivity contribution in [1.82, 2.24) is 4.90 Å². The predicted octanol–water partition coefficient (Wildman–Crippen LogP) is 3.56. The summed E-state index contributed by atoms with van der Waals surface area (Å²) < 4.78 is 0.740. The third-order valence-corrected chi connectivity index (χ3v) is 4.32. The van der Waals surface area contributed by atoms with Crippen LogP contribution in [0.3, 0.4) is 0 Å². The Balaban J connectivity index is 1.95. The molecule has 0 atom stereocenters. The molecule has 6 heteroatoms. The van der Waals surface area contributed by atoms with Crippen LogP contribution in [0.25, 0.3) is 0 Å². The van der Waals surface area contributed by atoms with E-state index < -0.39 is 0 Å². The number of nitro benzene ring substituents is 1. The van der Waals surface area contributed by atoms with Gasteiger partial charge in [0.2, 0.25) is 0 Å². The third kappa shape index (κ3) is 3.70. The first-order valence-electron chi connectivity index (χ1n) is 6.95. The minimum atomic E-state index is -0.351. The lowest BCUT2D eigenvalue weighted by Crippen LogP contribution is -2.30. The van der Waals surface area contributed by atoms with Crippen LogP contribution in [0.15, 0.2) is 16.6 Å². The van der Waals surface area contributed by atoms with Crippen molar-refractivity contribution in [2.75, 3.05) is 25.0 Å². The molecule has 0 aromatic heterocycles. The highest BCUT2D eigenvalue weighted by atomic mass is 79.9. The van der Waals surface area contributed by atoms with E-state index in [1.165, 1.54) is 12.8 Å². The number of nitrogens with zero attached hydrogens (tertiary/aromatic N) is 2. The minimum absolute atomic E-state index is 0.149. The highest BCUT2D eigenvalue weighted by molar-refractivity contribution is 9.10. The Morgan fingerprint density at radius 2 is 2.20 bits per heavy atom. The molecule has 0 saturated heterocycles. The number of hydrogen-bond donors (Lipinski definition) is 1. The summed E-state index contributed by atoms with van der Waals surface area (Å²) in [4.78, 5) is 13.0. The number of benzene rings is 1. The zero-order valence-electron chi connectivity index (χ0n) is 11.9. The quantitative estimate of drug-likeness (QED) is 0.608. The largest absolute Gasteiger partial charge is 0.383 e. The van der Waals surface area contributed by atoms with E-state index in [4.69, 9.17) is 0 Å². The Hall–Kier alpha value is -1.14. The highest BCUT2D eigenvalue weighted by Gasteiger charge is 2.27. The van der Waals surface area contributed by atoms with E-state index >= 15 is 0 Å². The topological polar surface area (TPSA) is 58.4 Å². The first-order valence-corrected chi connectivity index (χ1v) is 7.74. The predicted molar refractivity (Wildman–Crippen MR) is 84.3 cm³/mol. The summed E-state index contributed by atoms with van der Waals surface area (Å²) >= 11 is 3.39. The zero-order valence-corrected chi connectivity index (χ0v) is 13.4. The lowest BCUT2D eigenvalue weighted by molar-refractivity contribution is -0.385. The molecule has 0 heterocycles. The van der Waals surface area contributed by atoms with Gasteiger partial charge in [0.05, 0.1) is 4.92 Å². The van der Waals surface area contributed by atoms with Crippen LogP contribution in [0.4, 0.5) is 11.4 Å². The second-order valence-electron chi connectivity index (χ2n) is 5.16. The van der Waals surface area contributed by atoms with E-state index in [0.717, 1.165) is 35.8 Å². The summed E-state index contributed by atoms with van der Waals surface area (Å²) in [6.45, 7) is 6.87. The van der Waals surface area contributed by atoms with Crippen molar-refractivity contribution in [2.24, 2.45) is 0 Å². The van der Waals surface area contributed by atoms with Crippen molar-refractivity contribution in [3.05, 3.63) is 32.3 Å². The minimum Gasteiger partial charge on any atom is -0.383 e. The smallest absolute Gasteiger partial charge is 0.273 e. The van der Waals surface area contributed by atoms with Gasteiger partial charge in [-0.15, -0.1) is 0 Å². The summed E-state index contributed by atoms with van der Waals surface area (Å²) in [7, 11) is 0. The molecule has 1 aliphatic rings. The summed E-state index contributed by atoms with van der Waals surface area (Å²) in [6.07, 6.45) is 2.63. The molecule has 20 heavy (non-hydrogen) atoms. The van der Waals surface area contributed by atoms with Gasteiger partial charge in [-0.3, -0.25) is 15.0 Å². The molecule has 1 saturated carbocycles. The summed E-state index contributed by atoms with van der Waals surface area (Å²) in [6, 6.07) is 4.16. The SMILES string of the molecule is CCN(CCNc1cc(C)c([N+](=O)[O-])cc1Br)C1CC1. The summed E-state index contributed by atoms with van der Waals surface area (Å²) in [5, 5.41) is 14.2. The molecular weight excluding hydrogens is 322 g/mol. The average molecular weight is 342 g/mol. The maximum absolute atomic E-state index is 10.9. The van der Waals surface area contributed by atoms with Gasteiger partial charge in [0.25, 0.3) is 5.69 Å². The van der Waals surface area contributed by atoms with Gasteiger partial charge < -0.3 is 5.32 Å². The molecular formula is C14H20BrN3O2. The van der Waals surface area contributed by atoms with Gasteiger partial charge in [-0.05, 0) is 48.3 Å². The molecule has 110 valence electrons. The maximum Gasteiger partial charge on any atom is 0.273 e. The van der Waals surface area contributed by atoms with Gasteiger partial charge >= 0.3 is 0 Å². The van der Waals surface area contributed by atoms with Crippen LogP contribution >= 0.6 is 15.9 Å². The Labute approximate surface area is 127 Å². The van der Waals surface area contributed by atoms with Crippen molar-refractivity contribution in [2.45, 2.75) is 32.7 Å². The van der Waals surface area contributed by atoms with Crippen LogP contribution in [0.5, 0.6) is 0 Å². The van der Waals surface area contributed by atoms with Gasteiger partial charge in [-0.1, -0.05) is 6.92 Å². The van der Waals surface area contributed by atoms with Crippen LogP contribution < -0.4 is 5.32 Å². The fraction of sp³-hybridized carbons (Fsp3) is 0.571. The number of halogens is 1. The van der Waals surface area contributed by atoms with E-state index in [1.54, 1.807) is 13.0 Å².